The number of rotatable bonds is 6. The molecule has 1 N–H and O–H groups in total. The molecule has 0 radical (unpaired) electrons. The third kappa shape index (κ3) is 3.37. The highest BCUT2D eigenvalue weighted by Gasteiger charge is 2.35. The molecule has 1 aromatic rings. The van der Waals surface area contributed by atoms with Crippen molar-refractivity contribution >= 4 is 23.3 Å². The summed E-state index contributed by atoms with van der Waals surface area (Å²) in [5.74, 6) is -0.461. The normalized spacial score (nSPS) is 12.9. The van der Waals surface area contributed by atoms with Gasteiger partial charge in [-0.25, -0.2) is 4.79 Å². The maximum absolute atomic E-state index is 12.6. The van der Waals surface area contributed by atoms with Crippen LogP contribution in [0.5, 0.6) is 0 Å². The summed E-state index contributed by atoms with van der Waals surface area (Å²) in [5.41, 5.74) is 1.93. The molecule has 0 unspecified atom stereocenters. The number of amides is 1. The van der Waals surface area contributed by atoms with Crippen LogP contribution in [0.25, 0.3) is 0 Å². The van der Waals surface area contributed by atoms with E-state index < -0.39 is 11.9 Å². The fourth-order valence-electron chi connectivity index (χ4n) is 2.70. The van der Waals surface area contributed by atoms with Gasteiger partial charge in [-0.15, -0.1) is 0 Å². The Labute approximate surface area is 143 Å². The highest BCUT2D eigenvalue weighted by atomic mass is 16.5. The van der Waals surface area contributed by atoms with Crippen molar-refractivity contribution in [3.8, 4) is 0 Å². The molecular weight excluding hydrogens is 306 g/mol. The molecule has 0 aromatic heterocycles. The molecule has 0 bridgehead atoms. The van der Waals surface area contributed by atoms with E-state index in [-0.39, 0.29) is 12.2 Å². The van der Waals surface area contributed by atoms with Crippen LogP contribution in [0.2, 0.25) is 0 Å². The molecule has 1 aromatic carbocycles. The van der Waals surface area contributed by atoms with Crippen molar-refractivity contribution in [1.29, 1.82) is 0 Å². The Kier molecular flexibility index (Phi) is 5.84. The summed E-state index contributed by atoms with van der Waals surface area (Å²) in [5, 5.41) is 2.78. The fourth-order valence-corrected chi connectivity index (χ4v) is 2.70. The third-order valence-electron chi connectivity index (χ3n) is 3.87. The van der Waals surface area contributed by atoms with Crippen LogP contribution in [-0.2, 0) is 14.3 Å². The molecule has 0 fully saturated rings. The SMILES string of the molecule is CCCNC(=O)C(C(=O)OCCC)=C1N(C)c2ccccc2N1C. The van der Waals surface area contributed by atoms with Crippen LogP contribution in [0.4, 0.5) is 11.4 Å². The van der Waals surface area contributed by atoms with Gasteiger partial charge in [0, 0.05) is 20.6 Å². The minimum absolute atomic E-state index is 0.0399. The van der Waals surface area contributed by atoms with E-state index in [9.17, 15) is 9.59 Å². The summed E-state index contributed by atoms with van der Waals surface area (Å²) >= 11 is 0. The summed E-state index contributed by atoms with van der Waals surface area (Å²) in [6.45, 7) is 4.68. The Morgan fingerprint density at radius 1 is 1.04 bits per heavy atom. The Balaban J connectivity index is 2.47. The van der Waals surface area contributed by atoms with Crippen molar-refractivity contribution in [2.24, 2.45) is 0 Å². The maximum atomic E-state index is 12.6. The van der Waals surface area contributed by atoms with Crippen molar-refractivity contribution in [3.63, 3.8) is 0 Å². The van der Waals surface area contributed by atoms with E-state index >= 15 is 0 Å². The zero-order valence-electron chi connectivity index (χ0n) is 14.8. The van der Waals surface area contributed by atoms with Crippen LogP contribution in [0.15, 0.2) is 35.7 Å². The van der Waals surface area contributed by atoms with Gasteiger partial charge in [0.15, 0.2) is 5.57 Å². The van der Waals surface area contributed by atoms with E-state index in [4.69, 9.17) is 4.74 Å². The third-order valence-corrected chi connectivity index (χ3v) is 3.87. The van der Waals surface area contributed by atoms with E-state index in [0.29, 0.717) is 18.8 Å². The minimum atomic E-state index is -0.591. The number of hydrogen-bond acceptors (Lipinski definition) is 5. The molecule has 0 atom stereocenters. The number of esters is 1. The molecule has 0 saturated heterocycles. The van der Waals surface area contributed by atoms with Gasteiger partial charge < -0.3 is 19.9 Å². The van der Waals surface area contributed by atoms with Gasteiger partial charge in [-0.1, -0.05) is 26.0 Å². The molecule has 2 rings (SSSR count). The van der Waals surface area contributed by atoms with Crippen LogP contribution >= 0.6 is 0 Å². The molecule has 0 saturated carbocycles. The molecule has 6 nitrogen and oxygen atoms in total. The van der Waals surface area contributed by atoms with E-state index in [1.807, 2.05) is 62.0 Å². The monoisotopic (exact) mass is 331 g/mol. The number of ether oxygens (including phenoxy) is 1. The summed E-state index contributed by atoms with van der Waals surface area (Å²) in [7, 11) is 3.69. The van der Waals surface area contributed by atoms with Gasteiger partial charge in [-0.05, 0) is 25.0 Å². The largest absolute Gasteiger partial charge is 0.462 e. The predicted molar refractivity (Wildman–Crippen MR) is 94.8 cm³/mol. The van der Waals surface area contributed by atoms with Crippen LogP contribution in [-0.4, -0.2) is 39.1 Å². The second kappa shape index (κ2) is 7.86. The lowest BCUT2D eigenvalue weighted by Gasteiger charge is -2.22. The number of hydrogen-bond donors (Lipinski definition) is 1. The fraction of sp³-hybridized carbons (Fsp3) is 0.444. The summed E-state index contributed by atoms with van der Waals surface area (Å²) in [6, 6.07) is 7.77. The van der Waals surface area contributed by atoms with Crippen LogP contribution in [0.3, 0.4) is 0 Å². The van der Waals surface area contributed by atoms with E-state index in [1.165, 1.54) is 0 Å². The van der Waals surface area contributed by atoms with Crippen molar-refractivity contribution < 1.29 is 14.3 Å². The summed E-state index contributed by atoms with van der Waals surface area (Å²) in [4.78, 5) is 28.9. The molecule has 6 heteroatoms. The standard InChI is InChI=1S/C18H25N3O3/c1-5-11-19-16(22)15(18(23)24-12-6-2)17-20(3)13-9-7-8-10-14(13)21(17)4/h7-10H,5-6,11-12H2,1-4H3,(H,19,22). The maximum Gasteiger partial charge on any atom is 0.347 e. The summed E-state index contributed by atoms with van der Waals surface area (Å²) in [6.07, 6.45) is 1.50. The molecule has 1 heterocycles. The highest BCUT2D eigenvalue weighted by molar-refractivity contribution is 6.18. The van der Waals surface area contributed by atoms with Crippen molar-refractivity contribution in [2.75, 3.05) is 37.0 Å². The van der Waals surface area contributed by atoms with E-state index in [1.54, 1.807) is 0 Å². The lowest BCUT2D eigenvalue weighted by atomic mass is 10.2. The van der Waals surface area contributed by atoms with Gasteiger partial charge in [-0.3, -0.25) is 4.79 Å². The number of carbonyl (C=O) groups is 2. The average Bonchev–Trinajstić information content (AvgIpc) is 2.84. The van der Waals surface area contributed by atoms with Crippen molar-refractivity contribution in [2.45, 2.75) is 26.7 Å². The second-order valence-electron chi connectivity index (χ2n) is 5.70. The molecule has 0 spiro atoms. The predicted octanol–water partition coefficient (Wildman–Crippen LogP) is 2.26. The number of fused-ring (bicyclic) bond motifs is 1. The topological polar surface area (TPSA) is 61.9 Å². The van der Waals surface area contributed by atoms with Crippen LogP contribution in [0, 0.1) is 0 Å². The number of anilines is 2. The zero-order chi connectivity index (χ0) is 17.7. The van der Waals surface area contributed by atoms with Crippen LogP contribution in [0.1, 0.15) is 26.7 Å². The molecule has 24 heavy (non-hydrogen) atoms. The van der Waals surface area contributed by atoms with Crippen molar-refractivity contribution in [1.82, 2.24) is 5.32 Å². The van der Waals surface area contributed by atoms with Gasteiger partial charge in [0.05, 0.1) is 18.0 Å². The van der Waals surface area contributed by atoms with Gasteiger partial charge >= 0.3 is 5.97 Å². The molecule has 0 aliphatic carbocycles. The first-order valence-corrected chi connectivity index (χ1v) is 8.29. The Morgan fingerprint density at radius 2 is 1.62 bits per heavy atom. The number of carbonyl (C=O) groups excluding carboxylic acids is 2. The molecule has 130 valence electrons. The molecule has 1 aliphatic rings. The number of benzene rings is 1. The van der Waals surface area contributed by atoms with Gasteiger partial charge in [0.25, 0.3) is 5.91 Å². The first-order chi connectivity index (χ1) is 11.5. The van der Waals surface area contributed by atoms with Crippen LogP contribution < -0.4 is 15.1 Å². The lowest BCUT2D eigenvalue weighted by Crippen LogP contribution is -2.36. The number of nitrogens with zero attached hydrogens (tertiary/aromatic N) is 2. The van der Waals surface area contributed by atoms with E-state index in [0.717, 1.165) is 17.8 Å². The smallest absolute Gasteiger partial charge is 0.347 e. The Bertz CT molecular complexity index is 602. The zero-order valence-corrected chi connectivity index (χ0v) is 14.8. The Morgan fingerprint density at radius 3 is 2.12 bits per heavy atom. The Hall–Kier alpha value is -2.50. The summed E-state index contributed by atoms with van der Waals surface area (Å²) < 4.78 is 5.25. The van der Waals surface area contributed by atoms with E-state index in [2.05, 4.69) is 5.32 Å². The van der Waals surface area contributed by atoms with Crippen molar-refractivity contribution in [3.05, 3.63) is 35.7 Å². The molecular formula is C18H25N3O3. The number of para-hydroxylation sites is 2. The van der Waals surface area contributed by atoms with Gasteiger partial charge in [-0.2, -0.15) is 0 Å². The van der Waals surface area contributed by atoms with Gasteiger partial charge in [0.1, 0.15) is 5.82 Å². The first-order valence-electron chi connectivity index (χ1n) is 8.29. The second-order valence-corrected chi connectivity index (χ2v) is 5.70. The molecule has 1 amide bonds. The van der Waals surface area contributed by atoms with Gasteiger partial charge in [0.2, 0.25) is 0 Å². The highest BCUT2D eigenvalue weighted by Crippen LogP contribution is 2.40. The lowest BCUT2D eigenvalue weighted by molar-refractivity contribution is -0.140. The first kappa shape index (κ1) is 17.8. The quantitative estimate of drug-likeness (QED) is 0.375. The number of nitrogens with one attached hydrogen (secondary N) is 1. The minimum Gasteiger partial charge on any atom is -0.462 e. The average molecular weight is 331 g/mol. The molecule has 1 aliphatic heterocycles.